The predicted octanol–water partition coefficient (Wildman–Crippen LogP) is 3.47. The minimum atomic E-state index is -0.818. The molecule has 2 aliphatic rings. The van der Waals surface area contributed by atoms with Crippen molar-refractivity contribution >= 4 is 11.7 Å². The van der Waals surface area contributed by atoms with E-state index in [1.54, 1.807) is 19.1 Å². The predicted molar refractivity (Wildman–Crippen MR) is 93.4 cm³/mol. The fourth-order valence-corrected chi connectivity index (χ4v) is 3.66. The van der Waals surface area contributed by atoms with Crippen LogP contribution in [0, 0.1) is 0 Å². The topological polar surface area (TPSA) is 60.0 Å². The number of anilines is 1. The Morgan fingerprint density at radius 1 is 1.20 bits per heavy atom. The monoisotopic (exact) mass is 340 g/mol. The first-order valence-electron chi connectivity index (χ1n) is 8.16. The van der Waals surface area contributed by atoms with Gasteiger partial charge in [0.1, 0.15) is 5.75 Å². The highest BCUT2D eigenvalue weighted by Crippen LogP contribution is 2.49. The van der Waals surface area contributed by atoms with E-state index in [-0.39, 0.29) is 12.1 Å². The Balaban J connectivity index is 1.81. The summed E-state index contributed by atoms with van der Waals surface area (Å²) in [6.07, 6.45) is 0.635. The van der Waals surface area contributed by atoms with Gasteiger partial charge in [-0.3, -0.25) is 4.90 Å². The number of ether oxygens (including phenoxy) is 3. The Hall–Kier alpha value is -2.89. The molecule has 0 radical (unpaired) electrons. The molecule has 2 bridgehead atoms. The van der Waals surface area contributed by atoms with E-state index in [4.69, 9.17) is 14.2 Å². The standard InChI is InChI=1S/C19H20N2O4/c1-19-11-15(14-8-5-9-16(24-3)17(14)25-19)20-18(22)21(19)12-6-4-7-13(10-12)23-2/h4-10,15H,11H2,1-3H3,(H,20,22)/t15-,19+/m1/s1. The molecule has 1 fully saturated rings. The summed E-state index contributed by atoms with van der Waals surface area (Å²) >= 11 is 0. The molecule has 2 aliphatic heterocycles. The lowest BCUT2D eigenvalue weighted by molar-refractivity contribution is 0.0349. The van der Waals surface area contributed by atoms with Gasteiger partial charge in [0.15, 0.2) is 17.2 Å². The molecule has 0 unspecified atom stereocenters. The van der Waals surface area contributed by atoms with Crippen molar-refractivity contribution in [1.82, 2.24) is 5.32 Å². The zero-order chi connectivity index (χ0) is 17.6. The number of amides is 2. The average molecular weight is 340 g/mol. The van der Waals surface area contributed by atoms with Crippen molar-refractivity contribution in [2.75, 3.05) is 19.1 Å². The van der Waals surface area contributed by atoms with Crippen LogP contribution >= 0.6 is 0 Å². The molecule has 130 valence electrons. The van der Waals surface area contributed by atoms with Crippen LogP contribution in [0.3, 0.4) is 0 Å². The minimum absolute atomic E-state index is 0.113. The SMILES string of the molecule is COc1cccc(N2C(=O)N[C@@H]3C[C@]2(C)Oc2c(OC)cccc23)c1. The number of benzene rings is 2. The van der Waals surface area contributed by atoms with Crippen LogP contribution in [0.5, 0.6) is 17.2 Å². The van der Waals surface area contributed by atoms with E-state index in [0.29, 0.717) is 23.7 Å². The number of urea groups is 1. The quantitative estimate of drug-likeness (QED) is 0.929. The normalized spacial score (nSPS) is 24.0. The Labute approximate surface area is 146 Å². The number of nitrogens with one attached hydrogen (secondary N) is 1. The Morgan fingerprint density at radius 3 is 2.76 bits per heavy atom. The molecule has 25 heavy (non-hydrogen) atoms. The van der Waals surface area contributed by atoms with Gasteiger partial charge < -0.3 is 19.5 Å². The van der Waals surface area contributed by atoms with Gasteiger partial charge in [-0.05, 0) is 25.1 Å². The number of nitrogens with zero attached hydrogens (tertiary/aromatic N) is 1. The van der Waals surface area contributed by atoms with E-state index in [0.717, 1.165) is 11.3 Å². The summed E-state index contributed by atoms with van der Waals surface area (Å²) < 4.78 is 17.1. The van der Waals surface area contributed by atoms with Crippen molar-refractivity contribution in [3.8, 4) is 17.2 Å². The van der Waals surface area contributed by atoms with Crippen LogP contribution < -0.4 is 24.4 Å². The van der Waals surface area contributed by atoms with Gasteiger partial charge in [0.05, 0.1) is 25.9 Å². The molecule has 2 aromatic carbocycles. The molecule has 2 aromatic rings. The van der Waals surface area contributed by atoms with Gasteiger partial charge >= 0.3 is 6.03 Å². The number of rotatable bonds is 3. The van der Waals surface area contributed by atoms with Crippen molar-refractivity contribution in [2.45, 2.75) is 25.1 Å². The zero-order valence-electron chi connectivity index (χ0n) is 14.4. The van der Waals surface area contributed by atoms with Crippen LogP contribution in [0.4, 0.5) is 10.5 Å². The first kappa shape index (κ1) is 15.6. The fraction of sp³-hybridized carbons (Fsp3) is 0.316. The summed E-state index contributed by atoms with van der Waals surface area (Å²) in [7, 11) is 3.22. The summed E-state index contributed by atoms with van der Waals surface area (Å²) in [5.74, 6) is 2.02. The zero-order valence-corrected chi connectivity index (χ0v) is 14.4. The van der Waals surface area contributed by atoms with E-state index in [1.165, 1.54) is 0 Å². The van der Waals surface area contributed by atoms with Crippen molar-refractivity contribution in [1.29, 1.82) is 0 Å². The molecule has 2 heterocycles. The average Bonchev–Trinajstić information content (AvgIpc) is 2.60. The lowest BCUT2D eigenvalue weighted by Crippen LogP contribution is -2.65. The second kappa shape index (κ2) is 5.58. The molecule has 4 rings (SSSR count). The maximum Gasteiger partial charge on any atom is 0.325 e. The van der Waals surface area contributed by atoms with E-state index in [2.05, 4.69) is 5.32 Å². The number of para-hydroxylation sites is 1. The highest BCUT2D eigenvalue weighted by molar-refractivity contribution is 5.95. The second-order valence-corrected chi connectivity index (χ2v) is 6.40. The molecule has 2 amide bonds. The van der Waals surface area contributed by atoms with Gasteiger partial charge in [-0.1, -0.05) is 18.2 Å². The van der Waals surface area contributed by atoms with Gasteiger partial charge in [-0.2, -0.15) is 0 Å². The van der Waals surface area contributed by atoms with Crippen LogP contribution in [0.15, 0.2) is 42.5 Å². The molecule has 6 heteroatoms. The van der Waals surface area contributed by atoms with Crippen molar-refractivity contribution in [2.24, 2.45) is 0 Å². The molecule has 0 aliphatic carbocycles. The van der Waals surface area contributed by atoms with Gasteiger partial charge in [-0.25, -0.2) is 4.79 Å². The van der Waals surface area contributed by atoms with Crippen molar-refractivity contribution in [3.05, 3.63) is 48.0 Å². The number of hydrogen-bond donors (Lipinski definition) is 1. The third-order valence-electron chi connectivity index (χ3n) is 4.79. The summed E-state index contributed by atoms with van der Waals surface area (Å²) in [4.78, 5) is 14.5. The maximum absolute atomic E-state index is 12.8. The number of hydrogen-bond acceptors (Lipinski definition) is 4. The molecular formula is C19H20N2O4. The number of methoxy groups -OCH3 is 2. The molecule has 0 aromatic heterocycles. The lowest BCUT2D eigenvalue weighted by atomic mass is 9.90. The van der Waals surface area contributed by atoms with Crippen LogP contribution in [0.1, 0.15) is 24.9 Å². The molecular weight excluding hydrogens is 320 g/mol. The van der Waals surface area contributed by atoms with E-state index < -0.39 is 5.72 Å². The number of carbonyl (C=O) groups is 1. The Kier molecular flexibility index (Phi) is 3.49. The summed E-state index contributed by atoms with van der Waals surface area (Å²) in [5, 5.41) is 3.08. The summed E-state index contributed by atoms with van der Waals surface area (Å²) in [6.45, 7) is 1.92. The van der Waals surface area contributed by atoms with Gasteiger partial charge in [0.25, 0.3) is 0 Å². The van der Waals surface area contributed by atoms with Gasteiger partial charge in [0.2, 0.25) is 0 Å². The second-order valence-electron chi connectivity index (χ2n) is 6.40. The van der Waals surface area contributed by atoms with E-state index in [9.17, 15) is 4.79 Å². The Morgan fingerprint density at radius 2 is 2.00 bits per heavy atom. The molecule has 6 nitrogen and oxygen atoms in total. The first-order chi connectivity index (χ1) is 12.1. The van der Waals surface area contributed by atoms with Gasteiger partial charge in [-0.15, -0.1) is 0 Å². The third-order valence-corrected chi connectivity index (χ3v) is 4.79. The van der Waals surface area contributed by atoms with Crippen LogP contribution in [-0.4, -0.2) is 26.0 Å². The molecule has 1 N–H and O–H groups in total. The van der Waals surface area contributed by atoms with Crippen LogP contribution in [0.25, 0.3) is 0 Å². The Bertz CT molecular complexity index is 838. The van der Waals surface area contributed by atoms with Crippen LogP contribution in [-0.2, 0) is 0 Å². The van der Waals surface area contributed by atoms with Gasteiger partial charge in [0, 0.05) is 18.1 Å². The molecule has 0 saturated carbocycles. The largest absolute Gasteiger partial charge is 0.497 e. The third kappa shape index (κ3) is 2.36. The molecule has 1 saturated heterocycles. The lowest BCUT2D eigenvalue weighted by Gasteiger charge is -2.50. The summed E-state index contributed by atoms with van der Waals surface area (Å²) in [6, 6.07) is 12.8. The number of fused-ring (bicyclic) bond motifs is 4. The molecule has 0 spiro atoms. The van der Waals surface area contributed by atoms with E-state index in [1.807, 2.05) is 49.4 Å². The minimum Gasteiger partial charge on any atom is -0.497 e. The fourth-order valence-electron chi connectivity index (χ4n) is 3.66. The highest BCUT2D eigenvalue weighted by atomic mass is 16.5. The highest BCUT2D eigenvalue weighted by Gasteiger charge is 2.50. The smallest absolute Gasteiger partial charge is 0.325 e. The molecule has 2 atom stereocenters. The van der Waals surface area contributed by atoms with Crippen LogP contribution in [0.2, 0.25) is 0 Å². The first-order valence-corrected chi connectivity index (χ1v) is 8.16. The maximum atomic E-state index is 12.8. The van der Waals surface area contributed by atoms with Crippen molar-refractivity contribution in [3.63, 3.8) is 0 Å². The van der Waals surface area contributed by atoms with Crippen molar-refractivity contribution < 1.29 is 19.0 Å². The summed E-state index contributed by atoms with van der Waals surface area (Å²) in [5.41, 5.74) is 0.840. The van der Waals surface area contributed by atoms with E-state index >= 15 is 0 Å². The number of carbonyl (C=O) groups excluding carboxylic acids is 1.